The molecule has 0 saturated carbocycles. The van der Waals surface area contributed by atoms with E-state index in [1.54, 1.807) is 29.9 Å². The third kappa shape index (κ3) is 3.10. The number of likely N-dealkylation sites (tertiary alicyclic amines) is 1. The smallest absolute Gasteiger partial charge is 0.335 e. The van der Waals surface area contributed by atoms with E-state index in [9.17, 15) is 14.4 Å². The van der Waals surface area contributed by atoms with E-state index in [-0.39, 0.29) is 35.9 Å². The molecule has 3 rings (SSSR count). The van der Waals surface area contributed by atoms with Crippen molar-refractivity contribution in [3.8, 4) is 0 Å². The standard InChI is InChI=1S/C17H18N4O4/c1-20-14(22)9-12(15(20)13-7-8-18-21(13)2)19-16(23)10-3-5-11(6-4-10)17(24)25/h3-8,12,15H,9H2,1-2H3,(H,19,23)(H,24,25)/t12-,15-/m1/s1. The van der Waals surface area contributed by atoms with Crippen LogP contribution in [-0.2, 0) is 11.8 Å². The van der Waals surface area contributed by atoms with Crippen LogP contribution in [0.3, 0.4) is 0 Å². The number of carboxylic acid groups (broad SMARTS) is 1. The zero-order chi connectivity index (χ0) is 18.1. The first kappa shape index (κ1) is 16.7. The molecule has 1 aromatic heterocycles. The van der Waals surface area contributed by atoms with E-state index in [2.05, 4.69) is 10.4 Å². The van der Waals surface area contributed by atoms with Crippen LogP contribution in [0.25, 0.3) is 0 Å². The summed E-state index contributed by atoms with van der Waals surface area (Å²) in [5, 5.41) is 15.9. The summed E-state index contributed by atoms with van der Waals surface area (Å²) in [7, 11) is 3.49. The number of likely N-dealkylation sites (N-methyl/N-ethyl adjacent to an activating group) is 1. The maximum Gasteiger partial charge on any atom is 0.335 e. The molecule has 0 unspecified atom stereocenters. The van der Waals surface area contributed by atoms with E-state index in [0.717, 1.165) is 5.69 Å². The molecule has 1 aliphatic rings. The molecule has 8 nitrogen and oxygen atoms in total. The number of hydrogen-bond acceptors (Lipinski definition) is 4. The van der Waals surface area contributed by atoms with E-state index >= 15 is 0 Å². The van der Waals surface area contributed by atoms with Gasteiger partial charge < -0.3 is 15.3 Å². The van der Waals surface area contributed by atoms with Crippen LogP contribution < -0.4 is 5.32 Å². The maximum absolute atomic E-state index is 12.5. The Bertz CT molecular complexity index is 827. The zero-order valence-corrected chi connectivity index (χ0v) is 13.8. The number of aromatic carboxylic acids is 1. The van der Waals surface area contributed by atoms with E-state index in [1.165, 1.54) is 24.3 Å². The molecule has 1 aliphatic heterocycles. The average Bonchev–Trinajstić information content (AvgIpc) is 3.11. The maximum atomic E-state index is 12.5. The molecule has 130 valence electrons. The summed E-state index contributed by atoms with van der Waals surface area (Å²) in [6.45, 7) is 0. The summed E-state index contributed by atoms with van der Waals surface area (Å²) in [5.74, 6) is -1.46. The zero-order valence-electron chi connectivity index (χ0n) is 13.8. The van der Waals surface area contributed by atoms with Crippen LogP contribution in [0.4, 0.5) is 0 Å². The number of hydrogen-bond donors (Lipinski definition) is 2. The summed E-state index contributed by atoms with van der Waals surface area (Å²) in [6.07, 6.45) is 1.85. The number of carbonyl (C=O) groups excluding carboxylic acids is 2. The first-order chi connectivity index (χ1) is 11.9. The number of nitrogens with one attached hydrogen (secondary N) is 1. The topological polar surface area (TPSA) is 105 Å². The Morgan fingerprint density at radius 1 is 1.16 bits per heavy atom. The van der Waals surface area contributed by atoms with Crippen molar-refractivity contribution in [2.24, 2.45) is 7.05 Å². The highest BCUT2D eigenvalue weighted by atomic mass is 16.4. The van der Waals surface area contributed by atoms with Gasteiger partial charge in [0.25, 0.3) is 5.91 Å². The van der Waals surface area contributed by atoms with Gasteiger partial charge in [0.15, 0.2) is 0 Å². The molecule has 1 aromatic carbocycles. The fraction of sp³-hybridized carbons (Fsp3) is 0.294. The third-order valence-electron chi connectivity index (χ3n) is 4.46. The lowest BCUT2D eigenvalue weighted by molar-refractivity contribution is -0.127. The van der Waals surface area contributed by atoms with Gasteiger partial charge in [0, 0.05) is 32.3 Å². The minimum Gasteiger partial charge on any atom is -0.478 e. The Hall–Kier alpha value is -3.16. The van der Waals surface area contributed by atoms with Crippen molar-refractivity contribution in [1.82, 2.24) is 20.0 Å². The first-order valence-corrected chi connectivity index (χ1v) is 7.76. The highest BCUT2D eigenvalue weighted by Crippen LogP contribution is 2.31. The first-order valence-electron chi connectivity index (χ1n) is 7.76. The number of amides is 2. The third-order valence-corrected chi connectivity index (χ3v) is 4.46. The van der Waals surface area contributed by atoms with Gasteiger partial charge in [-0.15, -0.1) is 0 Å². The minimum absolute atomic E-state index is 0.0577. The number of nitrogens with zero attached hydrogens (tertiary/aromatic N) is 3. The summed E-state index contributed by atoms with van der Waals surface area (Å²) in [6, 6.07) is 6.79. The number of rotatable bonds is 4. The minimum atomic E-state index is -1.05. The Morgan fingerprint density at radius 3 is 2.36 bits per heavy atom. The Balaban J connectivity index is 1.80. The molecule has 0 bridgehead atoms. The molecule has 0 aliphatic carbocycles. The van der Waals surface area contributed by atoms with E-state index < -0.39 is 5.97 Å². The molecule has 1 saturated heterocycles. The van der Waals surface area contributed by atoms with E-state index in [0.29, 0.717) is 5.56 Å². The summed E-state index contributed by atoms with van der Waals surface area (Å²) < 4.78 is 1.68. The summed E-state index contributed by atoms with van der Waals surface area (Å²) in [5.41, 5.74) is 1.29. The molecule has 2 heterocycles. The van der Waals surface area contributed by atoms with Gasteiger partial charge in [0.1, 0.15) is 0 Å². The van der Waals surface area contributed by atoms with Crippen molar-refractivity contribution >= 4 is 17.8 Å². The Labute approximate surface area is 144 Å². The van der Waals surface area contributed by atoms with Crippen molar-refractivity contribution in [3.05, 3.63) is 53.3 Å². The van der Waals surface area contributed by atoms with Crippen molar-refractivity contribution in [2.45, 2.75) is 18.5 Å². The second-order valence-electron chi connectivity index (χ2n) is 6.00. The van der Waals surface area contributed by atoms with Crippen molar-refractivity contribution in [2.75, 3.05) is 7.05 Å². The molecule has 0 spiro atoms. The molecular weight excluding hydrogens is 324 g/mol. The number of benzene rings is 1. The van der Waals surface area contributed by atoms with Crippen LogP contribution in [0.5, 0.6) is 0 Å². The molecule has 1 fully saturated rings. The fourth-order valence-corrected chi connectivity index (χ4v) is 3.09. The molecule has 2 aromatic rings. The van der Waals surface area contributed by atoms with Crippen LogP contribution in [0, 0.1) is 0 Å². The molecule has 25 heavy (non-hydrogen) atoms. The van der Waals surface area contributed by atoms with Gasteiger partial charge >= 0.3 is 5.97 Å². The monoisotopic (exact) mass is 342 g/mol. The lowest BCUT2D eigenvalue weighted by Crippen LogP contribution is -2.39. The van der Waals surface area contributed by atoms with Crippen molar-refractivity contribution in [3.63, 3.8) is 0 Å². The quantitative estimate of drug-likeness (QED) is 0.856. The number of carbonyl (C=O) groups is 3. The second kappa shape index (κ2) is 6.39. The molecule has 2 atom stereocenters. The predicted octanol–water partition coefficient (Wildman–Crippen LogP) is 0.820. The molecule has 2 amide bonds. The predicted molar refractivity (Wildman–Crippen MR) is 88.0 cm³/mol. The van der Waals surface area contributed by atoms with Crippen LogP contribution in [0.15, 0.2) is 36.5 Å². The molecule has 0 radical (unpaired) electrons. The molecule has 8 heteroatoms. The van der Waals surface area contributed by atoms with E-state index in [4.69, 9.17) is 5.11 Å². The van der Waals surface area contributed by atoms with Crippen LogP contribution in [0.2, 0.25) is 0 Å². The van der Waals surface area contributed by atoms with Gasteiger partial charge in [-0.25, -0.2) is 4.79 Å². The highest BCUT2D eigenvalue weighted by Gasteiger charge is 2.40. The normalized spacial score (nSPS) is 19.9. The number of aryl methyl sites for hydroxylation is 1. The van der Waals surface area contributed by atoms with Gasteiger partial charge in [-0.3, -0.25) is 14.3 Å². The van der Waals surface area contributed by atoms with Crippen LogP contribution in [0.1, 0.15) is 38.9 Å². The van der Waals surface area contributed by atoms with Crippen molar-refractivity contribution < 1.29 is 19.5 Å². The lowest BCUT2D eigenvalue weighted by atomic mass is 10.0. The van der Waals surface area contributed by atoms with Crippen LogP contribution in [-0.4, -0.2) is 50.7 Å². The SMILES string of the molecule is CN1C(=O)C[C@@H](NC(=O)c2ccc(C(=O)O)cc2)[C@@H]1c1ccnn1C. The Morgan fingerprint density at radius 2 is 1.80 bits per heavy atom. The fourth-order valence-electron chi connectivity index (χ4n) is 3.09. The average molecular weight is 342 g/mol. The van der Waals surface area contributed by atoms with Gasteiger partial charge in [-0.05, 0) is 30.3 Å². The number of aromatic nitrogens is 2. The highest BCUT2D eigenvalue weighted by molar-refractivity contribution is 5.96. The summed E-state index contributed by atoms with van der Waals surface area (Å²) in [4.78, 5) is 37.1. The van der Waals surface area contributed by atoms with Gasteiger partial charge in [-0.2, -0.15) is 5.10 Å². The van der Waals surface area contributed by atoms with Gasteiger partial charge in [-0.1, -0.05) is 0 Å². The largest absolute Gasteiger partial charge is 0.478 e. The van der Waals surface area contributed by atoms with Crippen LogP contribution >= 0.6 is 0 Å². The van der Waals surface area contributed by atoms with Gasteiger partial charge in [0.05, 0.1) is 23.3 Å². The van der Waals surface area contributed by atoms with Gasteiger partial charge in [0.2, 0.25) is 5.91 Å². The Kier molecular flexibility index (Phi) is 4.26. The molecule has 2 N–H and O–H groups in total. The number of carboxylic acids is 1. The lowest BCUT2D eigenvalue weighted by Gasteiger charge is -2.25. The van der Waals surface area contributed by atoms with E-state index in [1.807, 2.05) is 6.07 Å². The second-order valence-corrected chi connectivity index (χ2v) is 6.00. The molecular formula is C17H18N4O4. The summed E-state index contributed by atoms with van der Waals surface area (Å²) >= 11 is 0. The van der Waals surface area contributed by atoms with Crippen molar-refractivity contribution in [1.29, 1.82) is 0 Å².